The van der Waals surface area contributed by atoms with Gasteiger partial charge in [0.1, 0.15) is 5.82 Å². The Morgan fingerprint density at radius 1 is 1.42 bits per heavy atom. The predicted octanol–water partition coefficient (Wildman–Crippen LogP) is 2.94. The fraction of sp³-hybridized carbons (Fsp3) is 0.429. The predicted molar refractivity (Wildman–Crippen MR) is 68.8 cm³/mol. The molecule has 2 heterocycles. The Labute approximate surface area is 111 Å². The van der Waals surface area contributed by atoms with Crippen LogP contribution < -0.4 is 5.32 Å². The molecule has 1 fully saturated rings. The zero-order valence-electron chi connectivity index (χ0n) is 10.8. The molecule has 2 atom stereocenters. The van der Waals surface area contributed by atoms with Crippen LogP contribution in [0.3, 0.4) is 0 Å². The van der Waals surface area contributed by atoms with Gasteiger partial charge in [-0.05, 0) is 37.4 Å². The highest BCUT2D eigenvalue weighted by atomic mass is 19.1. The fourth-order valence-corrected chi connectivity index (χ4v) is 2.42. The van der Waals surface area contributed by atoms with Crippen molar-refractivity contribution in [1.29, 1.82) is 0 Å². The van der Waals surface area contributed by atoms with E-state index in [0.717, 1.165) is 13.0 Å². The van der Waals surface area contributed by atoms with Crippen molar-refractivity contribution in [2.24, 2.45) is 5.92 Å². The first-order valence-corrected chi connectivity index (χ1v) is 6.55. The molecule has 0 amide bonds. The van der Waals surface area contributed by atoms with Crippen molar-refractivity contribution in [1.82, 2.24) is 15.5 Å². The molecule has 5 heteroatoms. The van der Waals surface area contributed by atoms with Crippen LogP contribution in [0.2, 0.25) is 0 Å². The maximum atomic E-state index is 13.2. The maximum Gasteiger partial charge on any atom is 0.244 e. The van der Waals surface area contributed by atoms with Gasteiger partial charge in [0, 0.05) is 5.56 Å². The van der Waals surface area contributed by atoms with Crippen LogP contribution in [0.5, 0.6) is 0 Å². The molecular formula is C14H16FN3O. The van der Waals surface area contributed by atoms with E-state index in [0.29, 0.717) is 23.2 Å². The summed E-state index contributed by atoms with van der Waals surface area (Å²) in [5.41, 5.74) is 0.638. The van der Waals surface area contributed by atoms with Crippen molar-refractivity contribution < 1.29 is 8.91 Å². The second-order valence-electron chi connectivity index (χ2n) is 5.10. The SMILES string of the molecule is CC1CCNC(c2nc(-c3cccc(F)c3)no2)C1. The first kappa shape index (κ1) is 12.3. The van der Waals surface area contributed by atoms with Gasteiger partial charge >= 0.3 is 0 Å². The van der Waals surface area contributed by atoms with Crippen LogP contribution in [0.15, 0.2) is 28.8 Å². The number of hydrogen-bond acceptors (Lipinski definition) is 4. The third-order valence-electron chi connectivity index (χ3n) is 3.49. The number of benzene rings is 1. The third-order valence-corrected chi connectivity index (χ3v) is 3.49. The summed E-state index contributed by atoms with van der Waals surface area (Å²) in [5.74, 6) is 1.38. The van der Waals surface area contributed by atoms with Crippen molar-refractivity contribution in [3.05, 3.63) is 36.0 Å². The molecular weight excluding hydrogens is 245 g/mol. The van der Waals surface area contributed by atoms with Crippen LogP contribution >= 0.6 is 0 Å². The van der Waals surface area contributed by atoms with Crippen LogP contribution in [0, 0.1) is 11.7 Å². The van der Waals surface area contributed by atoms with E-state index in [1.807, 2.05) is 0 Å². The van der Waals surface area contributed by atoms with Gasteiger partial charge in [-0.15, -0.1) is 0 Å². The normalized spacial score (nSPS) is 23.5. The van der Waals surface area contributed by atoms with Gasteiger partial charge in [0.05, 0.1) is 6.04 Å². The molecule has 1 aromatic heterocycles. The van der Waals surface area contributed by atoms with E-state index in [-0.39, 0.29) is 11.9 Å². The van der Waals surface area contributed by atoms with Crippen molar-refractivity contribution in [3.63, 3.8) is 0 Å². The summed E-state index contributed by atoms with van der Waals surface area (Å²) in [5, 5.41) is 7.31. The second-order valence-corrected chi connectivity index (χ2v) is 5.10. The van der Waals surface area contributed by atoms with Crippen LogP contribution in [0.1, 0.15) is 31.7 Å². The number of hydrogen-bond donors (Lipinski definition) is 1. The minimum absolute atomic E-state index is 0.110. The number of aromatic nitrogens is 2. The van der Waals surface area contributed by atoms with Gasteiger partial charge in [-0.2, -0.15) is 4.98 Å². The van der Waals surface area contributed by atoms with Gasteiger partial charge in [0.2, 0.25) is 11.7 Å². The van der Waals surface area contributed by atoms with E-state index in [1.165, 1.54) is 18.6 Å². The Morgan fingerprint density at radius 2 is 2.32 bits per heavy atom. The number of nitrogens with one attached hydrogen (secondary N) is 1. The molecule has 0 bridgehead atoms. The summed E-state index contributed by atoms with van der Waals surface area (Å²) in [6, 6.07) is 6.33. The second kappa shape index (κ2) is 5.09. The Balaban J connectivity index is 1.83. The van der Waals surface area contributed by atoms with Gasteiger partial charge in [-0.25, -0.2) is 4.39 Å². The number of piperidine rings is 1. The molecule has 0 saturated carbocycles. The van der Waals surface area contributed by atoms with E-state index in [9.17, 15) is 4.39 Å². The molecule has 3 rings (SSSR count). The Kier molecular flexibility index (Phi) is 3.29. The van der Waals surface area contributed by atoms with Crippen molar-refractivity contribution in [2.45, 2.75) is 25.8 Å². The topological polar surface area (TPSA) is 51.0 Å². The highest BCUT2D eigenvalue weighted by Gasteiger charge is 2.24. The van der Waals surface area contributed by atoms with Crippen molar-refractivity contribution >= 4 is 0 Å². The van der Waals surface area contributed by atoms with Crippen LogP contribution in [0.25, 0.3) is 11.4 Å². The lowest BCUT2D eigenvalue weighted by Gasteiger charge is -2.25. The van der Waals surface area contributed by atoms with Gasteiger partial charge in [0.15, 0.2) is 0 Å². The summed E-state index contributed by atoms with van der Waals surface area (Å²) < 4.78 is 18.5. The zero-order valence-corrected chi connectivity index (χ0v) is 10.8. The minimum atomic E-state index is -0.298. The minimum Gasteiger partial charge on any atom is -0.337 e. The molecule has 19 heavy (non-hydrogen) atoms. The Hall–Kier alpha value is -1.75. The van der Waals surface area contributed by atoms with E-state index in [4.69, 9.17) is 4.52 Å². The number of rotatable bonds is 2. The van der Waals surface area contributed by atoms with E-state index < -0.39 is 0 Å². The first-order valence-electron chi connectivity index (χ1n) is 6.55. The van der Waals surface area contributed by atoms with Crippen molar-refractivity contribution in [2.75, 3.05) is 6.54 Å². The highest BCUT2D eigenvalue weighted by molar-refractivity contribution is 5.53. The molecule has 0 spiro atoms. The zero-order chi connectivity index (χ0) is 13.2. The van der Waals surface area contributed by atoms with Crippen LogP contribution in [0.4, 0.5) is 4.39 Å². The van der Waals surface area contributed by atoms with Crippen molar-refractivity contribution in [3.8, 4) is 11.4 Å². The molecule has 1 N–H and O–H groups in total. The molecule has 0 radical (unpaired) electrons. The smallest absolute Gasteiger partial charge is 0.244 e. The summed E-state index contributed by atoms with van der Waals surface area (Å²) >= 11 is 0. The quantitative estimate of drug-likeness (QED) is 0.903. The average Bonchev–Trinajstić information content (AvgIpc) is 2.88. The van der Waals surface area contributed by atoms with E-state index in [2.05, 4.69) is 22.4 Å². The number of nitrogens with zero attached hydrogens (tertiary/aromatic N) is 2. The van der Waals surface area contributed by atoms with Gasteiger partial charge in [0.25, 0.3) is 0 Å². The van der Waals surface area contributed by atoms with E-state index >= 15 is 0 Å². The lowest BCUT2D eigenvalue weighted by atomic mass is 9.94. The monoisotopic (exact) mass is 261 g/mol. The Bertz CT molecular complexity index is 569. The maximum absolute atomic E-state index is 13.2. The molecule has 1 aliphatic rings. The van der Waals surface area contributed by atoms with E-state index in [1.54, 1.807) is 12.1 Å². The third kappa shape index (κ3) is 2.66. The van der Waals surface area contributed by atoms with Gasteiger partial charge < -0.3 is 9.84 Å². The van der Waals surface area contributed by atoms with Crippen LogP contribution in [-0.2, 0) is 0 Å². The Morgan fingerprint density at radius 3 is 3.11 bits per heavy atom. The largest absolute Gasteiger partial charge is 0.337 e. The standard InChI is InChI=1S/C14H16FN3O/c1-9-5-6-16-12(7-9)14-17-13(18-19-14)10-3-2-4-11(15)8-10/h2-4,8-9,12,16H,5-7H2,1H3. The summed E-state index contributed by atoms with van der Waals surface area (Å²) in [7, 11) is 0. The fourth-order valence-electron chi connectivity index (χ4n) is 2.42. The van der Waals surface area contributed by atoms with Gasteiger partial charge in [-0.3, -0.25) is 0 Å². The molecule has 1 aliphatic heterocycles. The summed E-state index contributed by atoms with van der Waals surface area (Å²) in [6.45, 7) is 3.18. The molecule has 2 unspecified atom stereocenters. The summed E-state index contributed by atoms with van der Waals surface area (Å²) in [4.78, 5) is 4.37. The summed E-state index contributed by atoms with van der Waals surface area (Å²) in [6.07, 6.45) is 2.16. The molecule has 2 aromatic rings. The molecule has 0 aliphatic carbocycles. The average molecular weight is 261 g/mol. The number of halogens is 1. The molecule has 100 valence electrons. The molecule has 1 aromatic carbocycles. The lowest BCUT2D eigenvalue weighted by molar-refractivity contribution is 0.260. The first-order chi connectivity index (χ1) is 9.22. The molecule has 4 nitrogen and oxygen atoms in total. The molecule has 1 saturated heterocycles. The lowest BCUT2D eigenvalue weighted by Crippen LogP contribution is -2.30. The van der Waals surface area contributed by atoms with Crippen LogP contribution in [-0.4, -0.2) is 16.7 Å². The highest BCUT2D eigenvalue weighted by Crippen LogP contribution is 2.27. The van der Waals surface area contributed by atoms with Gasteiger partial charge in [-0.1, -0.05) is 24.2 Å².